The van der Waals surface area contributed by atoms with Gasteiger partial charge in [0.05, 0.1) is 0 Å². The van der Waals surface area contributed by atoms with Crippen LogP contribution in [0.3, 0.4) is 0 Å². The molecular weight excluding hydrogens is 306 g/mol. The van der Waals surface area contributed by atoms with Gasteiger partial charge in [-0.05, 0) is 80.8 Å². The number of hydrogen-bond acceptors (Lipinski definition) is 1. The van der Waals surface area contributed by atoms with Crippen molar-refractivity contribution in [1.82, 2.24) is 4.98 Å². The first-order valence-corrected chi connectivity index (χ1v) is 9.29. The minimum absolute atomic E-state index is 0.276. The summed E-state index contributed by atoms with van der Waals surface area (Å²) in [6.07, 6.45) is 5.45. The summed E-state index contributed by atoms with van der Waals surface area (Å²) in [5.74, 6) is 0.861. The maximum absolute atomic E-state index is 11.0. The van der Waals surface area contributed by atoms with Crippen LogP contribution in [0.4, 0.5) is 0 Å². The monoisotopic (exact) mass is 331 g/mol. The predicted molar refractivity (Wildman–Crippen MR) is 104 cm³/mol. The number of H-pyrrole nitrogens is 1. The van der Waals surface area contributed by atoms with E-state index in [2.05, 4.69) is 61.3 Å². The van der Waals surface area contributed by atoms with E-state index in [0.29, 0.717) is 5.92 Å². The fraction of sp³-hybridized carbons (Fsp3) is 0.348. The Bertz CT molecular complexity index is 913. The van der Waals surface area contributed by atoms with E-state index in [-0.39, 0.29) is 5.92 Å². The van der Waals surface area contributed by atoms with E-state index < -0.39 is 0 Å². The smallest absolute Gasteiger partial charge is 0.123 e. The lowest BCUT2D eigenvalue weighted by atomic mass is 9.78. The number of aromatic amines is 1. The number of rotatable bonds is 3. The van der Waals surface area contributed by atoms with Crippen molar-refractivity contribution in [1.29, 1.82) is 0 Å². The average Bonchev–Trinajstić information content (AvgIpc) is 3.05. The summed E-state index contributed by atoms with van der Waals surface area (Å²) < 4.78 is 0. The summed E-state index contributed by atoms with van der Waals surface area (Å²) in [6.45, 7) is 4.31. The summed E-state index contributed by atoms with van der Waals surface area (Å²) in [6, 6.07) is 15.7. The zero-order valence-corrected chi connectivity index (χ0v) is 15.0. The largest absolute Gasteiger partial charge is 0.355 e. The Hall–Kier alpha value is -2.35. The lowest BCUT2D eigenvalue weighted by molar-refractivity contribution is -0.111. The van der Waals surface area contributed by atoms with E-state index >= 15 is 0 Å². The maximum Gasteiger partial charge on any atom is 0.123 e. The number of carbonyl (C=O) groups excluding carboxylic acids is 1. The second kappa shape index (κ2) is 6.51. The van der Waals surface area contributed by atoms with E-state index in [0.717, 1.165) is 32.0 Å². The number of aryl methyl sites for hydroxylation is 2. The molecule has 0 aliphatic heterocycles. The molecule has 1 N–H and O–H groups in total. The van der Waals surface area contributed by atoms with Gasteiger partial charge in [0.15, 0.2) is 0 Å². The summed E-state index contributed by atoms with van der Waals surface area (Å²) in [4.78, 5) is 14.6. The van der Waals surface area contributed by atoms with Gasteiger partial charge in [-0.2, -0.15) is 0 Å². The molecule has 0 spiro atoms. The SMILES string of the molecule is Cc1ccc2[nH]c(-c3cc(C4CCC(C=O)CC4)ccc3C)cc2c1. The molecule has 0 unspecified atom stereocenters. The summed E-state index contributed by atoms with van der Waals surface area (Å²) in [5.41, 5.74) is 7.69. The molecule has 1 aromatic heterocycles. The number of hydrogen-bond donors (Lipinski definition) is 1. The zero-order valence-electron chi connectivity index (χ0n) is 15.0. The van der Waals surface area contributed by atoms with Crippen LogP contribution in [0.15, 0.2) is 42.5 Å². The van der Waals surface area contributed by atoms with Crippen LogP contribution in [0.2, 0.25) is 0 Å². The van der Waals surface area contributed by atoms with Crippen LogP contribution in [0, 0.1) is 19.8 Å². The van der Waals surface area contributed by atoms with Gasteiger partial charge in [-0.3, -0.25) is 0 Å². The van der Waals surface area contributed by atoms with Gasteiger partial charge in [0, 0.05) is 28.1 Å². The summed E-state index contributed by atoms with van der Waals surface area (Å²) in [7, 11) is 0. The van der Waals surface area contributed by atoms with Crippen LogP contribution in [-0.4, -0.2) is 11.3 Å². The predicted octanol–water partition coefficient (Wildman–Crippen LogP) is 5.92. The van der Waals surface area contributed by atoms with Gasteiger partial charge < -0.3 is 9.78 Å². The Balaban J connectivity index is 1.68. The second-order valence-electron chi connectivity index (χ2n) is 7.60. The van der Waals surface area contributed by atoms with Gasteiger partial charge in [0.1, 0.15) is 6.29 Å². The maximum atomic E-state index is 11.0. The topological polar surface area (TPSA) is 32.9 Å². The molecule has 4 rings (SSSR count). The van der Waals surface area contributed by atoms with Crippen LogP contribution >= 0.6 is 0 Å². The highest BCUT2D eigenvalue weighted by molar-refractivity contribution is 5.87. The van der Waals surface area contributed by atoms with Crippen molar-refractivity contribution in [2.24, 2.45) is 5.92 Å². The van der Waals surface area contributed by atoms with Crippen molar-refractivity contribution in [2.45, 2.75) is 45.4 Å². The Morgan fingerprint density at radius 1 is 0.960 bits per heavy atom. The zero-order chi connectivity index (χ0) is 17.4. The van der Waals surface area contributed by atoms with Crippen molar-refractivity contribution >= 4 is 17.2 Å². The number of benzene rings is 2. The normalized spacial score (nSPS) is 20.7. The molecule has 1 saturated carbocycles. The van der Waals surface area contributed by atoms with Gasteiger partial charge in [0.2, 0.25) is 0 Å². The van der Waals surface area contributed by atoms with Crippen LogP contribution in [0.25, 0.3) is 22.2 Å². The molecule has 1 aliphatic rings. The van der Waals surface area contributed by atoms with Crippen molar-refractivity contribution in [3.8, 4) is 11.3 Å². The molecule has 3 aromatic rings. The summed E-state index contributed by atoms with van der Waals surface area (Å²) in [5, 5.41) is 1.27. The lowest BCUT2D eigenvalue weighted by Crippen LogP contribution is -2.14. The first kappa shape index (κ1) is 16.1. The number of aldehydes is 1. The molecule has 2 nitrogen and oxygen atoms in total. The molecule has 1 fully saturated rings. The number of nitrogens with one attached hydrogen (secondary N) is 1. The molecule has 1 aliphatic carbocycles. The fourth-order valence-electron chi connectivity index (χ4n) is 4.17. The third-order valence-corrected chi connectivity index (χ3v) is 5.76. The van der Waals surface area contributed by atoms with E-state index in [1.807, 2.05) is 0 Å². The van der Waals surface area contributed by atoms with Gasteiger partial charge >= 0.3 is 0 Å². The van der Waals surface area contributed by atoms with Gasteiger partial charge in [-0.25, -0.2) is 0 Å². The molecular formula is C23H25NO. The Morgan fingerprint density at radius 2 is 1.76 bits per heavy atom. The molecule has 0 atom stereocenters. The molecule has 2 heteroatoms. The van der Waals surface area contributed by atoms with Crippen molar-refractivity contribution in [3.63, 3.8) is 0 Å². The fourth-order valence-corrected chi connectivity index (χ4v) is 4.17. The minimum Gasteiger partial charge on any atom is -0.355 e. The Morgan fingerprint density at radius 3 is 2.52 bits per heavy atom. The number of carbonyl (C=O) groups is 1. The number of fused-ring (bicyclic) bond motifs is 1. The van der Waals surface area contributed by atoms with Crippen molar-refractivity contribution in [3.05, 3.63) is 59.2 Å². The average molecular weight is 331 g/mol. The van der Waals surface area contributed by atoms with Gasteiger partial charge in [0.25, 0.3) is 0 Å². The summed E-state index contributed by atoms with van der Waals surface area (Å²) >= 11 is 0. The highest BCUT2D eigenvalue weighted by Crippen LogP contribution is 2.37. The molecule has 25 heavy (non-hydrogen) atoms. The van der Waals surface area contributed by atoms with E-state index in [1.54, 1.807) is 0 Å². The van der Waals surface area contributed by atoms with Crippen LogP contribution < -0.4 is 0 Å². The molecule has 0 amide bonds. The molecule has 2 aromatic carbocycles. The molecule has 0 saturated heterocycles. The second-order valence-corrected chi connectivity index (χ2v) is 7.60. The van der Waals surface area contributed by atoms with E-state index in [9.17, 15) is 4.79 Å². The van der Waals surface area contributed by atoms with Gasteiger partial charge in [-0.15, -0.1) is 0 Å². The highest BCUT2D eigenvalue weighted by Gasteiger charge is 2.22. The van der Waals surface area contributed by atoms with E-state index in [4.69, 9.17) is 0 Å². The first-order chi connectivity index (χ1) is 12.1. The molecule has 0 radical (unpaired) electrons. The van der Waals surface area contributed by atoms with E-state index in [1.165, 1.54) is 38.9 Å². The molecule has 0 bridgehead atoms. The van der Waals surface area contributed by atoms with Crippen LogP contribution in [-0.2, 0) is 4.79 Å². The molecule has 128 valence electrons. The third-order valence-electron chi connectivity index (χ3n) is 5.76. The minimum atomic E-state index is 0.276. The third kappa shape index (κ3) is 3.13. The van der Waals surface area contributed by atoms with Crippen LogP contribution in [0.1, 0.15) is 48.3 Å². The lowest BCUT2D eigenvalue weighted by Gasteiger charge is -2.26. The standard InChI is InChI=1S/C23H25NO/c1-15-3-10-22-20(11-15)13-23(24-22)21-12-19(7-4-16(21)2)18-8-5-17(14-25)6-9-18/h3-4,7,10-14,17-18,24H,5-6,8-9H2,1-2H3. The molecule has 1 heterocycles. The first-order valence-electron chi connectivity index (χ1n) is 9.29. The Kier molecular flexibility index (Phi) is 4.20. The highest BCUT2D eigenvalue weighted by atomic mass is 16.1. The van der Waals surface area contributed by atoms with Crippen LogP contribution in [0.5, 0.6) is 0 Å². The number of aromatic nitrogens is 1. The quantitative estimate of drug-likeness (QED) is 0.593. The van der Waals surface area contributed by atoms with Crippen molar-refractivity contribution < 1.29 is 4.79 Å². The van der Waals surface area contributed by atoms with Gasteiger partial charge in [-0.1, -0.05) is 23.8 Å². The van der Waals surface area contributed by atoms with Crippen molar-refractivity contribution in [2.75, 3.05) is 0 Å². The Labute approximate surface area is 149 Å².